The maximum atomic E-state index is 12.7. The number of H-pyrrole nitrogens is 1. The van der Waals surface area contributed by atoms with Crippen LogP contribution in [0.3, 0.4) is 0 Å². The minimum Gasteiger partial charge on any atom is -0.390 e. The van der Waals surface area contributed by atoms with Gasteiger partial charge in [-0.25, -0.2) is 28.0 Å². The van der Waals surface area contributed by atoms with E-state index in [0.717, 1.165) is 57.8 Å². The van der Waals surface area contributed by atoms with Gasteiger partial charge in [-0.15, -0.1) is 0 Å². The summed E-state index contributed by atoms with van der Waals surface area (Å²) >= 11 is 0. The third kappa shape index (κ3) is 14.5. The maximum Gasteiger partial charge on any atom is 0.490 e. The van der Waals surface area contributed by atoms with E-state index in [9.17, 15) is 55.9 Å². The largest absolute Gasteiger partial charge is 0.490 e. The fraction of sp³-hybridized carbons (Fsp3) is 0.476. The number of nitrogens with zero attached hydrogens (tertiary/aromatic N) is 5. The zero-order chi connectivity index (χ0) is 52.2. The summed E-state index contributed by atoms with van der Waals surface area (Å²) in [5, 5.41) is 13.2. The number of rotatable bonds is 23. The molecule has 3 aromatic heterocycles. The van der Waals surface area contributed by atoms with Gasteiger partial charge in [-0.1, -0.05) is 38.1 Å². The van der Waals surface area contributed by atoms with Crippen LogP contribution >= 0.6 is 23.5 Å². The molecule has 29 heteroatoms. The van der Waals surface area contributed by atoms with Gasteiger partial charge in [-0.05, 0) is 74.9 Å². The number of phosphoric ester groups is 1. The van der Waals surface area contributed by atoms with Crippen molar-refractivity contribution in [1.82, 2.24) is 19.9 Å². The van der Waals surface area contributed by atoms with E-state index in [-0.39, 0.29) is 43.0 Å². The highest BCUT2D eigenvalue weighted by Gasteiger charge is 2.45. The van der Waals surface area contributed by atoms with Crippen LogP contribution in [0.15, 0.2) is 87.4 Å². The summed E-state index contributed by atoms with van der Waals surface area (Å²) in [6, 6.07) is 7.93. The minimum absolute atomic E-state index is 0.0239. The van der Waals surface area contributed by atoms with Crippen molar-refractivity contribution < 1.29 is 78.6 Å². The standard InChI is InChI=1S/C42H56N7O18P3S/c1-41(2)30-15-11-22-47(38(30)45-33(41)16-8-17-34-42(3,4)29-14-10-20-44-37(29)48(34)23-12-24-71(61,62)63)21-7-5-6-18-35(51)43-19-9-13-28-26-49(40(53)46-39(28)52)36-25-31(50)32(65-36)27-64-69(57,58)67-70(59,60)66-68(54,55)56/h8-11,13-17,20,22,26,31-32,36,50H,5-7,12,18-19,21,23-25,27H2,1-4H3,(H6-,43,46,51,52,53,54,55,56,57,58,59,60,61,62,63)/p+1/b13-9+. The van der Waals surface area contributed by atoms with Crippen molar-refractivity contribution in [2.45, 2.75) is 102 Å². The lowest BCUT2D eigenvalue weighted by Gasteiger charge is -2.26. The van der Waals surface area contributed by atoms with Crippen molar-refractivity contribution in [3.05, 3.63) is 110 Å². The number of aliphatic hydroxyl groups excluding tert-OH is 1. The number of amides is 1. The molecule has 71 heavy (non-hydrogen) atoms. The van der Waals surface area contributed by atoms with Gasteiger partial charge in [0.2, 0.25) is 5.91 Å². The fourth-order valence-electron chi connectivity index (χ4n) is 8.35. The number of aromatic nitrogens is 4. The molecule has 3 aliphatic heterocycles. The SMILES string of the molecule is CC1(C)C(=CC=CC2=Nc3c(ccc[n+]3CCCCCC(=O)NC/C=C/c3cn(C4CC(O)C(COP(=O)(O)OP(=O)(O)OP(=O)(O)O)O4)c(=O)[nH]c3=O)C2(C)C)N(CCCS(=O)(=O)O)c2ncccc21. The van der Waals surface area contributed by atoms with Gasteiger partial charge < -0.3 is 39.6 Å². The Morgan fingerprint density at radius 2 is 1.73 bits per heavy atom. The first kappa shape index (κ1) is 55.7. The van der Waals surface area contributed by atoms with Crippen molar-refractivity contribution in [3.63, 3.8) is 0 Å². The summed E-state index contributed by atoms with van der Waals surface area (Å²) in [5.74, 6) is 1.01. The molecule has 0 saturated carbocycles. The molecule has 0 bridgehead atoms. The number of aryl methyl sites for hydroxylation is 1. The van der Waals surface area contributed by atoms with Crippen LogP contribution in [0.1, 0.15) is 89.1 Å². The van der Waals surface area contributed by atoms with E-state index in [1.807, 2.05) is 47.5 Å². The lowest BCUT2D eigenvalue weighted by atomic mass is 9.82. The Hall–Kier alpha value is -4.62. The maximum absolute atomic E-state index is 12.7. The van der Waals surface area contributed by atoms with Crippen LogP contribution in [0, 0.1) is 0 Å². The van der Waals surface area contributed by atoms with Gasteiger partial charge in [0.05, 0.1) is 47.7 Å². The molecule has 1 fully saturated rings. The van der Waals surface area contributed by atoms with Gasteiger partial charge in [0.25, 0.3) is 15.7 Å². The van der Waals surface area contributed by atoms with Crippen LogP contribution in [0.5, 0.6) is 0 Å². The van der Waals surface area contributed by atoms with Crippen LogP contribution in [0.25, 0.3) is 6.08 Å². The number of anilines is 1. The number of allylic oxidation sites excluding steroid dienone is 4. The van der Waals surface area contributed by atoms with E-state index >= 15 is 0 Å². The molecule has 0 spiro atoms. The highest BCUT2D eigenvalue weighted by atomic mass is 32.2. The summed E-state index contributed by atoms with van der Waals surface area (Å²) in [7, 11) is -21.0. The number of fused-ring (bicyclic) bond motifs is 2. The number of aromatic amines is 1. The first-order valence-electron chi connectivity index (χ1n) is 22.2. The molecule has 0 aromatic carbocycles. The topological polar surface area (TPSA) is 360 Å². The molecular weight excluding hydrogens is 1020 g/mol. The smallest absolute Gasteiger partial charge is 0.390 e. The third-order valence-corrected chi connectivity index (χ3v) is 16.5. The average molecular weight is 1070 g/mol. The molecule has 5 atom stereocenters. The van der Waals surface area contributed by atoms with E-state index in [0.29, 0.717) is 19.5 Å². The second-order valence-electron chi connectivity index (χ2n) is 17.8. The quantitative estimate of drug-likeness (QED) is 0.0292. The van der Waals surface area contributed by atoms with Crippen LogP contribution in [0.4, 0.5) is 11.6 Å². The average Bonchev–Trinajstić information content (AvgIpc) is 3.82. The molecule has 6 heterocycles. The number of phosphoric acid groups is 3. The van der Waals surface area contributed by atoms with Gasteiger partial charge in [0.15, 0.2) is 5.71 Å². The Morgan fingerprint density at radius 3 is 2.45 bits per heavy atom. The van der Waals surface area contributed by atoms with E-state index in [4.69, 9.17) is 19.5 Å². The second kappa shape index (κ2) is 22.2. The molecule has 25 nitrogen and oxygen atoms in total. The molecule has 388 valence electrons. The number of unbranched alkanes of at least 4 members (excludes halogenated alkanes) is 2. The monoisotopic (exact) mass is 1070 g/mol. The number of pyridine rings is 2. The Kier molecular flexibility index (Phi) is 17.4. The van der Waals surface area contributed by atoms with Gasteiger partial charge in [0, 0.05) is 55.0 Å². The number of hydrogen-bond acceptors (Lipinski definition) is 16. The molecular formula is C42H57N7O18P3S+. The van der Waals surface area contributed by atoms with Crippen LogP contribution in [-0.4, -0.2) is 101 Å². The Morgan fingerprint density at radius 1 is 1.00 bits per heavy atom. The van der Waals surface area contributed by atoms with Crippen LogP contribution in [0.2, 0.25) is 0 Å². The Balaban J connectivity index is 0.973. The molecule has 0 radical (unpaired) electrons. The van der Waals surface area contributed by atoms with Crippen molar-refractivity contribution in [2.75, 3.05) is 30.3 Å². The molecule has 3 aliphatic rings. The van der Waals surface area contributed by atoms with Crippen molar-refractivity contribution in [3.8, 4) is 0 Å². The van der Waals surface area contributed by atoms with Crippen molar-refractivity contribution in [1.29, 1.82) is 0 Å². The Labute approximate surface area is 407 Å². The normalized spacial score (nSPS) is 21.9. The third-order valence-electron chi connectivity index (χ3n) is 11.9. The summed E-state index contributed by atoms with van der Waals surface area (Å²) in [6.07, 6.45) is 11.8. The summed E-state index contributed by atoms with van der Waals surface area (Å²) in [5.41, 5.74) is 1.33. The highest BCUT2D eigenvalue weighted by molar-refractivity contribution is 7.85. The first-order valence-corrected chi connectivity index (χ1v) is 28.3. The summed E-state index contributed by atoms with van der Waals surface area (Å²) in [4.78, 5) is 88.0. The van der Waals surface area contributed by atoms with Gasteiger partial charge >= 0.3 is 35.0 Å². The van der Waals surface area contributed by atoms with Crippen molar-refractivity contribution in [2.24, 2.45) is 4.99 Å². The van der Waals surface area contributed by atoms with E-state index < -0.39 is 80.7 Å². The zero-order valence-electron chi connectivity index (χ0n) is 39.0. The number of hydrogen-bond donors (Lipinski definition) is 8. The zero-order valence-corrected chi connectivity index (χ0v) is 42.5. The van der Waals surface area contributed by atoms with Crippen molar-refractivity contribution >= 4 is 62.9 Å². The number of ether oxygens (including phenoxy) is 1. The highest BCUT2D eigenvalue weighted by Crippen LogP contribution is 2.66. The summed E-state index contributed by atoms with van der Waals surface area (Å²) < 4.78 is 87.2. The minimum atomic E-state index is -5.78. The molecule has 8 N–H and O–H groups in total. The van der Waals surface area contributed by atoms with Gasteiger partial charge in [-0.3, -0.25) is 28.2 Å². The summed E-state index contributed by atoms with van der Waals surface area (Å²) in [6.45, 7) is 8.50. The number of aliphatic hydroxyl groups is 1. The lowest BCUT2D eigenvalue weighted by Crippen LogP contribution is -2.35. The Bertz CT molecular complexity index is 3000. The van der Waals surface area contributed by atoms with E-state index in [2.05, 4.69) is 66.8 Å². The molecule has 1 amide bonds. The fourth-order valence-corrected chi connectivity index (χ4v) is 11.9. The number of aliphatic imine (C=N–C) groups is 1. The molecule has 3 aromatic rings. The number of nitrogens with one attached hydrogen (secondary N) is 2. The van der Waals surface area contributed by atoms with Gasteiger partial charge in [-0.2, -0.15) is 17.0 Å². The van der Waals surface area contributed by atoms with E-state index in [1.165, 1.54) is 12.2 Å². The lowest BCUT2D eigenvalue weighted by molar-refractivity contribution is -0.684. The van der Waals surface area contributed by atoms with Crippen LogP contribution < -0.4 is 26.0 Å². The second-order valence-corrected chi connectivity index (χ2v) is 23.8. The molecule has 5 unspecified atom stereocenters. The predicted octanol–water partition coefficient (Wildman–Crippen LogP) is 3.48. The number of carbonyl (C=O) groups is 1. The molecule has 0 aliphatic carbocycles. The van der Waals surface area contributed by atoms with Crippen LogP contribution in [-0.2, 0) is 63.9 Å². The van der Waals surface area contributed by atoms with E-state index in [1.54, 1.807) is 6.20 Å². The predicted molar refractivity (Wildman–Crippen MR) is 256 cm³/mol. The molecule has 1 saturated heterocycles. The first-order chi connectivity index (χ1) is 33.1. The molecule has 6 rings (SSSR count). The van der Waals surface area contributed by atoms with Gasteiger partial charge in [0.1, 0.15) is 18.1 Å². The number of carbonyl (C=O) groups excluding carboxylic acids is 1.